The van der Waals surface area contributed by atoms with Crippen LogP contribution in [0.1, 0.15) is 6.92 Å². The normalized spacial score (nSPS) is 10.7. The number of hydrogen-bond donors (Lipinski definition) is 0. The van der Waals surface area contributed by atoms with Gasteiger partial charge in [-0.15, -0.1) is 0 Å². The Kier molecular flexibility index (Phi) is 8.75. The average Bonchev–Trinajstić information content (AvgIpc) is 2.26. The largest absolute Gasteiger partial charge is 0.461 e. The van der Waals surface area contributed by atoms with Crippen molar-refractivity contribution in [3.05, 3.63) is 35.9 Å². The third kappa shape index (κ3) is 7.36. The standard InChI is InChI=1S/C11H15NO2S2/c1-5-6-10(12-4)16-15-8-7-14-11(13)9(2)3/h5-6H,1-2,4,7-8H2,3H3/b10-6+. The number of rotatable bonds is 8. The van der Waals surface area contributed by atoms with E-state index in [1.165, 1.54) is 21.6 Å². The molecule has 16 heavy (non-hydrogen) atoms. The highest BCUT2D eigenvalue weighted by atomic mass is 33.1. The summed E-state index contributed by atoms with van der Waals surface area (Å²) in [6.45, 7) is 12.5. The van der Waals surface area contributed by atoms with Gasteiger partial charge in [-0.25, -0.2) is 4.79 Å². The van der Waals surface area contributed by atoms with E-state index in [4.69, 9.17) is 4.74 Å². The predicted molar refractivity (Wildman–Crippen MR) is 73.7 cm³/mol. The summed E-state index contributed by atoms with van der Waals surface area (Å²) in [5.41, 5.74) is 0.414. The highest BCUT2D eigenvalue weighted by Gasteiger charge is 2.02. The summed E-state index contributed by atoms with van der Waals surface area (Å²) >= 11 is 0. The van der Waals surface area contributed by atoms with Crippen molar-refractivity contribution in [2.75, 3.05) is 12.4 Å². The molecule has 5 heteroatoms. The van der Waals surface area contributed by atoms with Crippen molar-refractivity contribution in [1.29, 1.82) is 0 Å². The summed E-state index contributed by atoms with van der Waals surface area (Å²) in [6, 6.07) is 0. The third-order valence-corrected chi connectivity index (χ3v) is 3.56. The maximum Gasteiger partial charge on any atom is 0.333 e. The van der Waals surface area contributed by atoms with E-state index in [2.05, 4.69) is 24.9 Å². The SMILES string of the molecule is C=C/C=C(\N=C)SSCCOC(=O)C(=C)C. The maximum atomic E-state index is 11.0. The fourth-order valence-electron chi connectivity index (χ4n) is 0.601. The smallest absolute Gasteiger partial charge is 0.333 e. The van der Waals surface area contributed by atoms with Crippen molar-refractivity contribution in [2.45, 2.75) is 6.92 Å². The van der Waals surface area contributed by atoms with E-state index in [0.29, 0.717) is 17.9 Å². The molecule has 0 heterocycles. The molecule has 0 saturated heterocycles. The van der Waals surface area contributed by atoms with Crippen LogP contribution in [0.3, 0.4) is 0 Å². The van der Waals surface area contributed by atoms with Gasteiger partial charge in [0.25, 0.3) is 0 Å². The Morgan fingerprint density at radius 2 is 2.25 bits per heavy atom. The minimum Gasteiger partial charge on any atom is -0.461 e. The number of carbonyl (C=O) groups is 1. The number of nitrogens with zero attached hydrogens (tertiary/aromatic N) is 1. The first-order valence-electron chi connectivity index (χ1n) is 4.53. The van der Waals surface area contributed by atoms with Gasteiger partial charge in [0.05, 0.1) is 0 Å². The van der Waals surface area contributed by atoms with Crippen LogP contribution >= 0.6 is 21.6 Å². The van der Waals surface area contributed by atoms with E-state index in [1.807, 2.05) is 0 Å². The molecule has 0 saturated carbocycles. The molecule has 0 aliphatic rings. The lowest BCUT2D eigenvalue weighted by atomic mass is 10.4. The van der Waals surface area contributed by atoms with Crippen molar-refractivity contribution in [1.82, 2.24) is 0 Å². The third-order valence-electron chi connectivity index (χ3n) is 1.31. The van der Waals surface area contributed by atoms with Crippen LogP contribution < -0.4 is 0 Å². The zero-order valence-electron chi connectivity index (χ0n) is 9.27. The molecule has 0 aromatic rings. The van der Waals surface area contributed by atoms with Crippen LogP contribution in [0.15, 0.2) is 40.9 Å². The van der Waals surface area contributed by atoms with E-state index in [-0.39, 0.29) is 5.97 Å². The van der Waals surface area contributed by atoms with Crippen LogP contribution in [0.2, 0.25) is 0 Å². The second kappa shape index (κ2) is 9.30. The molecule has 0 N–H and O–H groups in total. The van der Waals surface area contributed by atoms with E-state index < -0.39 is 0 Å². The highest BCUT2D eigenvalue weighted by Crippen LogP contribution is 2.30. The minimum atomic E-state index is -0.352. The van der Waals surface area contributed by atoms with Gasteiger partial charge >= 0.3 is 5.97 Å². The van der Waals surface area contributed by atoms with Gasteiger partial charge in [-0.05, 0) is 30.5 Å². The summed E-state index contributed by atoms with van der Waals surface area (Å²) in [6.07, 6.45) is 3.42. The van der Waals surface area contributed by atoms with Crippen LogP contribution in [-0.4, -0.2) is 25.0 Å². The van der Waals surface area contributed by atoms with Crippen LogP contribution in [0.5, 0.6) is 0 Å². The molecule has 0 amide bonds. The van der Waals surface area contributed by atoms with Crippen molar-refractivity contribution >= 4 is 34.3 Å². The molecular weight excluding hydrogens is 242 g/mol. The summed E-state index contributed by atoms with van der Waals surface area (Å²) < 4.78 is 4.92. The average molecular weight is 257 g/mol. The molecule has 0 rings (SSSR count). The number of aliphatic imine (C=N–C) groups is 1. The van der Waals surface area contributed by atoms with Gasteiger partial charge in [0.2, 0.25) is 0 Å². The Hall–Kier alpha value is -0.940. The van der Waals surface area contributed by atoms with Crippen LogP contribution in [0.25, 0.3) is 0 Å². The van der Waals surface area contributed by atoms with Gasteiger partial charge < -0.3 is 4.74 Å². The van der Waals surface area contributed by atoms with Crippen molar-refractivity contribution in [3.63, 3.8) is 0 Å². The lowest BCUT2D eigenvalue weighted by molar-refractivity contribution is -0.138. The molecule has 0 aliphatic carbocycles. The molecule has 0 aromatic carbocycles. The Bertz CT molecular complexity index is 311. The number of allylic oxidation sites excluding steroid dienone is 2. The molecule has 0 atom stereocenters. The Labute approximate surface area is 104 Å². The first-order chi connectivity index (χ1) is 7.61. The first-order valence-corrected chi connectivity index (χ1v) is 6.85. The van der Waals surface area contributed by atoms with Gasteiger partial charge in [0, 0.05) is 11.3 Å². The van der Waals surface area contributed by atoms with Gasteiger partial charge in [-0.3, -0.25) is 4.99 Å². The summed E-state index contributed by atoms with van der Waals surface area (Å²) in [5, 5.41) is 0.784. The Morgan fingerprint density at radius 3 is 2.75 bits per heavy atom. The molecule has 0 radical (unpaired) electrons. The first kappa shape index (κ1) is 15.1. The van der Waals surface area contributed by atoms with E-state index >= 15 is 0 Å². The Morgan fingerprint density at radius 1 is 1.56 bits per heavy atom. The van der Waals surface area contributed by atoms with Crippen LogP contribution in [0, 0.1) is 0 Å². The lowest BCUT2D eigenvalue weighted by Gasteiger charge is -2.03. The van der Waals surface area contributed by atoms with Gasteiger partial charge in [0.15, 0.2) is 0 Å². The highest BCUT2D eigenvalue weighted by molar-refractivity contribution is 8.78. The topological polar surface area (TPSA) is 38.7 Å². The number of hydrogen-bond acceptors (Lipinski definition) is 5. The molecule has 0 aliphatic heterocycles. The van der Waals surface area contributed by atoms with Crippen molar-refractivity contribution < 1.29 is 9.53 Å². The second-order valence-electron chi connectivity index (χ2n) is 2.72. The summed E-state index contributed by atoms with van der Waals surface area (Å²) in [4.78, 5) is 14.8. The Balaban J connectivity index is 3.64. The molecular formula is C11H15NO2S2. The number of ether oxygens (including phenoxy) is 1. The molecule has 0 spiro atoms. The van der Waals surface area contributed by atoms with Crippen molar-refractivity contribution in [3.8, 4) is 0 Å². The molecule has 0 aromatic heterocycles. The number of esters is 1. The number of carbonyl (C=O) groups excluding carboxylic acids is 1. The van der Waals surface area contributed by atoms with E-state index in [1.54, 1.807) is 19.1 Å². The molecule has 88 valence electrons. The predicted octanol–water partition coefficient (Wildman–Crippen LogP) is 3.22. The van der Waals surface area contributed by atoms with Crippen LogP contribution in [0.4, 0.5) is 0 Å². The minimum absolute atomic E-state index is 0.352. The fourth-order valence-corrected chi connectivity index (χ4v) is 2.30. The van der Waals surface area contributed by atoms with Gasteiger partial charge in [-0.2, -0.15) is 0 Å². The van der Waals surface area contributed by atoms with Crippen molar-refractivity contribution in [2.24, 2.45) is 4.99 Å². The quantitative estimate of drug-likeness (QED) is 0.167. The monoisotopic (exact) mass is 257 g/mol. The molecule has 0 fully saturated rings. The second-order valence-corrected chi connectivity index (χ2v) is 5.16. The zero-order valence-corrected chi connectivity index (χ0v) is 10.9. The van der Waals surface area contributed by atoms with E-state index in [0.717, 1.165) is 5.03 Å². The zero-order chi connectivity index (χ0) is 12.4. The summed E-state index contributed by atoms with van der Waals surface area (Å²) in [5.74, 6) is 0.336. The molecule has 0 unspecified atom stereocenters. The molecule has 3 nitrogen and oxygen atoms in total. The maximum absolute atomic E-state index is 11.0. The lowest BCUT2D eigenvalue weighted by Crippen LogP contribution is -2.07. The van der Waals surface area contributed by atoms with Gasteiger partial charge in [-0.1, -0.05) is 30.0 Å². The molecule has 0 bridgehead atoms. The van der Waals surface area contributed by atoms with Gasteiger partial charge in [0.1, 0.15) is 11.6 Å². The van der Waals surface area contributed by atoms with Crippen LogP contribution in [-0.2, 0) is 9.53 Å². The fraction of sp³-hybridized carbons (Fsp3) is 0.273. The summed E-state index contributed by atoms with van der Waals surface area (Å²) in [7, 11) is 3.01. The van der Waals surface area contributed by atoms with E-state index in [9.17, 15) is 4.79 Å².